The first-order valence-corrected chi connectivity index (χ1v) is 9.04. The minimum atomic E-state index is -0.988. The van der Waals surface area contributed by atoms with Crippen LogP contribution >= 0.6 is 0 Å². The zero-order chi connectivity index (χ0) is 16.7. The summed E-state index contributed by atoms with van der Waals surface area (Å²) in [5.74, 6) is 2.59. The molecular formula is C20H26FNO2. The number of likely N-dealkylation sites (tertiary alicyclic amines) is 1. The van der Waals surface area contributed by atoms with Gasteiger partial charge in [0, 0.05) is 25.2 Å². The molecule has 24 heavy (non-hydrogen) atoms. The average Bonchev–Trinajstić information content (AvgIpc) is 3.20. The van der Waals surface area contributed by atoms with Gasteiger partial charge in [0.25, 0.3) is 0 Å². The number of ether oxygens (including phenoxy) is 1. The van der Waals surface area contributed by atoms with Crippen molar-refractivity contribution in [2.75, 3.05) is 26.7 Å². The molecular weight excluding hydrogens is 305 g/mol. The minimum Gasteiger partial charge on any atom is -0.496 e. The van der Waals surface area contributed by atoms with Gasteiger partial charge in [-0.25, -0.2) is 4.39 Å². The molecule has 0 aromatic heterocycles. The molecule has 2 aliphatic carbocycles. The topological polar surface area (TPSA) is 32.7 Å². The molecule has 1 N–H and O–H groups in total. The third-order valence-corrected chi connectivity index (χ3v) is 6.26. The Hall–Kier alpha value is -1.39. The van der Waals surface area contributed by atoms with Gasteiger partial charge >= 0.3 is 0 Å². The number of hydrogen-bond acceptors (Lipinski definition) is 3. The Morgan fingerprint density at radius 2 is 2.04 bits per heavy atom. The smallest absolute Gasteiger partial charge is 0.125 e. The second kappa shape index (κ2) is 6.16. The molecule has 3 nitrogen and oxygen atoms in total. The van der Waals surface area contributed by atoms with Crippen LogP contribution in [-0.2, 0) is 5.60 Å². The number of halogens is 1. The zero-order valence-corrected chi connectivity index (χ0v) is 14.2. The van der Waals surface area contributed by atoms with Gasteiger partial charge in [-0.1, -0.05) is 12.2 Å². The van der Waals surface area contributed by atoms with Crippen molar-refractivity contribution in [2.24, 2.45) is 17.8 Å². The Morgan fingerprint density at radius 3 is 2.67 bits per heavy atom. The summed E-state index contributed by atoms with van der Waals surface area (Å²) in [6, 6.07) is 4.41. The number of rotatable bonds is 4. The van der Waals surface area contributed by atoms with Gasteiger partial charge in [0.15, 0.2) is 0 Å². The Morgan fingerprint density at radius 1 is 1.25 bits per heavy atom. The number of methoxy groups -OCH3 is 1. The van der Waals surface area contributed by atoms with E-state index in [9.17, 15) is 9.50 Å². The van der Waals surface area contributed by atoms with Gasteiger partial charge < -0.3 is 14.7 Å². The van der Waals surface area contributed by atoms with E-state index in [0.717, 1.165) is 37.4 Å². The molecule has 4 heteroatoms. The van der Waals surface area contributed by atoms with Crippen molar-refractivity contribution in [3.8, 4) is 5.75 Å². The highest BCUT2D eigenvalue weighted by Crippen LogP contribution is 2.44. The molecule has 1 saturated heterocycles. The van der Waals surface area contributed by atoms with Crippen LogP contribution in [0.4, 0.5) is 4.39 Å². The molecule has 0 radical (unpaired) electrons. The monoisotopic (exact) mass is 331 g/mol. The molecule has 4 rings (SSSR count). The predicted molar refractivity (Wildman–Crippen MR) is 91.4 cm³/mol. The van der Waals surface area contributed by atoms with Crippen molar-refractivity contribution in [1.29, 1.82) is 0 Å². The van der Waals surface area contributed by atoms with Crippen molar-refractivity contribution in [3.05, 3.63) is 41.7 Å². The summed E-state index contributed by atoms with van der Waals surface area (Å²) < 4.78 is 19.0. The highest BCUT2D eigenvalue weighted by atomic mass is 19.1. The third kappa shape index (κ3) is 2.86. The second-order valence-electron chi connectivity index (χ2n) is 7.72. The fourth-order valence-electron chi connectivity index (χ4n) is 4.85. The standard InChI is InChI=1S/C20H26FNO2/c1-24-19-5-4-17(21)12-18(19)20(23)6-8-22(9-7-20)13-16-11-14-2-3-15(16)10-14/h2-5,12,14-16,23H,6-11,13H2,1H3/t14-,15-,16-/m0/s1. The van der Waals surface area contributed by atoms with E-state index in [2.05, 4.69) is 17.1 Å². The molecule has 2 bridgehead atoms. The number of nitrogens with zero attached hydrogens (tertiary/aromatic N) is 1. The van der Waals surface area contributed by atoms with E-state index >= 15 is 0 Å². The van der Waals surface area contributed by atoms with Crippen molar-refractivity contribution < 1.29 is 14.2 Å². The maximum absolute atomic E-state index is 13.7. The first-order valence-electron chi connectivity index (χ1n) is 9.04. The summed E-state index contributed by atoms with van der Waals surface area (Å²) in [6.07, 6.45) is 8.69. The van der Waals surface area contributed by atoms with Crippen LogP contribution in [-0.4, -0.2) is 36.8 Å². The highest BCUT2D eigenvalue weighted by molar-refractivity contribution is 5.39. The summed E-state index contributed by atoms with van der Waals surface area (Å²) in [7, 11) is 1.57. The number of hydrogen-bond donors (Lipinski definition) is 1. The Bertz CT molecular complexity index is 637. The summed E-state index contributed by atoms with van der Waals surface area (Å²) in [5.41, 5.74) is -0.397. The van der Waals surface area contributed by atoms with E-state index in [1.807, 2.05) is 0 Å². The molecule has 130 valence electrons. The van der Waals surface area contributed by atoms with Crippen LogP contribution in [0, 0.1) is 23.6 Å². The lowest BCUT2D eigenvalue weighted by Gasteiger charge is -2.40. The zero-order valence-electron chi connectivity index (χ0n) is 14.2. The third-order valence-electron chi connectivity index (χ3n) is 6.26. The van der Waals surface area contributed by atoms with Gasteiger partial charge in [-0.3, -0.25) is 0 Å². The van der Waals surface area contributed by atoms with E-state index in [4.69, 9.17) is 4.74 Å². The molecule has 1 aliphatic heterocycles. The van der Waals surface area contributed by atoms with Crippen LogP contribution < -0.4 is 4.74 Å². The van der Waals surface area contributed by atoms with Crippen LogP contribution in [0.1, 0.15) is 31.2 Å². The molecule has 3 atom stereocenters. The second-order valence-corrected chi connectivity index (χ2v) is 7.72. The number of allylic oxidation sites excluding steroid dienone is 2. The normalized spacial score (nSPS) is 31.5. The maximum atomic E-state index is 13.7. The van der Waals surface area contributed by atoms with Gasteiger partial charge in [0.2, 0.25) is 0 Å². The van der Waals surface area contributed by atoms with E-state index in [0.29, 0.717) is 24.2 Å². The van der Waals surface area contributed by atoms with E-state index < -0.39 is 5.60 Å². The predicted octanol–water partition coefficient (Wildman–Crippen LogP) is 3.33. The fraction of sp³-hybridized carbons (Fsp3) is 0.600. The molecule has 2 fully saturated rings. The molecule has 0 amide bonds. The summed E-state index contributed by atoms with van der Waals surface area (Å²) in [5, 5.41) is 11.1. The van der Waals surface area contributed by atoms with Gasteiger partial charge in [0.05, 0.1) is 12.7 Å². The Balaban J connectivity index is 1.42. The number of aliphatic hydroxyl groups is 1. The Labute approximate surface area is 143 Å². The quantitative estimate of drug-likeness (QED) is 0.859. The summed E-state index contributed by atoms with van der Waals surface area (Å²) >= 11 is 0. The number of fused-ring (bicyclic) bond motifs is 2. The molecule has 0 spiro atoms. The molecule has 0 unspecified atom stereocenters. The van der Waals surface area contributed by atoms with Crippen LogP contribution in [0.5, 0.6) is 5.75 Å². The molecule has 1 aromatic carbocycles. The largest absolute Gasteiger partial charge is 0.496 e. The molecule has 1 aromatic rings. The highest BCUT2D eigenvalue weighted by Gasteiger charge is 2.40. The van der Waals surface area contributed by atoms with E-state index in [1.165, 1.54) is 25.0 Å². The minimum absolute atomic E-state index is 0.324. The lowest BCUT2D eigenvalue weighted by molar-refractivity contribution is -0.0311. The molecule has 1 heterocycles. The average molecular weight is 331 g/mol. The van der Waals surface area contributed by atoms with Crippen LogP contribution in [0.15, 0.2) is 30.4 Å². The van der Waals surface area contributed by atoms with Crippen molar-refractivity contribution in [2.45, 2.75) is 31.3 Å². The van der Waals surface area contributed by atoms with Crippen LogP contribution in [0.2, 0.25) is 0 Å². The lowest BCUT2D eigenvalue weighted by atomic mass is 9.83. The Kier molecular flexibility index (Phi) is 4.13. The maximum Gasteiger partial charge on any atom is 0.125 e. The van der Waals surface area contributed by atoms with Crippen LogP contribution in [0.25, 0.3) is 0 Å². The van der Waals surface area contributed by atoms with Gasteiger partial charge in [0.1, 0.15) is 11.6 Å². The van der Waals surface area contributed by atoms with Crippen LogP contribution in [0.3, 0.4) is 0 Å². The number of benzene rings is 1. The van der Waals surface area contributed by atoms with Gasteiger partial charge in [-0.05, 0) is 61.6 Å². The number of piperidine rings is 1. The van der Waals surface area contributed by atoms with Gasteiger partial charge in [-0.2, -0.15) is 0 Å². The van der Waals surface area contributed by atoms with E-state index in [-0.39, 0.29) is 5.82 Å². The first-order chi connectivity index (χ1) is 11.6. The molecule has 3 aliphatic rings. The van der Waals surface area contributed by atoms with E-state index in [1.54, 1.807) is 13.2 Å². The SMILES string of the molecule is COc1ccc(F)cc1C1(O)CCN(C[C@@H]2C[C@H]3C=C[C@H]2C3)CC1. The van der Waals surface area contributed by atoms with Gasteiger partial charge in [-0.15, -0.1) is 0 Å². The van der Waals surface area contributed by atoms with Crippen molar-refractivity contribution in [3.63, 3.8) is 0 Å². The summed E-state index contributed by atoms with van der Waals surface area (Å²) in [4.78, 5) is 2.47. The van der Waals surface area contributed by atoms with Crippen molar-refractivity contribution >= 4 is 0 Å². The first kappa shape index (κ1) is 16.1. The van der Waals surface area contributed by atoms with Crippen molar-refractivity contribution in [1.82, 2.24) is 4.90 Å². The fourth-order valence-corrected chi connectivity index (χ4v) is 4.85. The summed E-state index contributed by atoms with van der Waals surface area (Å²) in [6.45, 7) is 2.84. The molecule has 1 saturated carbocycles. The lowest BCUT2D eigenvalue weighted by Crippen LogP contribution is -2.44.